The number of carbonyl (C=O) groups excluding carboxylic acids is 1. The lowest BCUT2D eigenvalue weighted by Gasteiger charge is -2.10. The maximum atomic E-state index is 11.8. The molecule has 1 aromatic carbocycles. The predicted octanol–water partition coefficient (Wildman–Crippen LogP) is 2.09. The van der Waals surface area contributed by atoms with Gasteiger partial charge in [0.05, 0.1) is 6.61 Å². The molecule has 4 nitrogen and oxygen atoms in total. The van der Waals surface area contributed by atoms with E-state index in [0.717, 1.165) is 12.3 Å². The minimum atomic E-state index is -0.0692. The number of halogens is 1. The Bertz CT molecular complexity index is 383. The molecule has 0 aliphatic carbocycles. The van der Waals surface area contributed by atoms with Crippen LogP contribution in [0.3, 0.4) is 0 Å². The normalized spacial score (nSPS) is 9.89. The molecular weight excluding hydrogens is 264 g/mol. The van der Waals surface area contributed by atoms with Gasteiger partial charge in [-0.1, -0.05) is 19.9 Å². The largest absolute Gasteiger partial charge is 0.493 e. The van der Waals surface area contributed by atoms with Gasteiger partial charge in [-0.3, -0.25) is 4.79 Å². The molecule has 1 amide bonds. The van der Waals surface area contributed by atoms with E-state index in [9.17, 15) is 4.79 Å². The molecule has 0 atom stereocenters. The van der Waals surface area contributed by atoms with Crippen molar-refractivity contribution in [3.8, 4) is 5.75 Å². The highest BCUT2D eigenvalue weighted by molar-refractivity contribution is 5.94. The minimum Gasteiger partial charge on any atom is -0.493 e. The lowest BCUT2D eigenvalue weighted by atomic mass is 10.2. The molecule has 0 unspecified atom stereocenters. The van der Waals surface area contributed by atoms with Crippen LogP contribution in [0.1, 0.15) is 24.2 Å². The summed E-state index contributed by atoms with van der Waals surface area (Å²) in [4.78, 5) is 11.8. The van der Waals surface area contributed by atoms with Gasteiger partial charge in [0.2, 0.25) is 0 Å². The average Bonchev–Trinajstić information content (AvgIpc) is 2.37. The summed E-state index contributed by atoms with van der Waals surface area (Å²) in [5.74, 6) is 1.14. The fourth-order valence-corrected chi connectivity index (χ4v) is 1.39. The minimum absolute atomic E-state index is 0. The summed E-state index contributed by atoms with van der Waals surface area (Å²) < 4.78 is 5.59. The highest BCUT2D eigenvalue weighted by Gasteiger charge is 2.06. The van der Waals surface area contributed by atoms with Crippen molar-refractivity contribution in [1.82, 2.24) is 10.6 Å². The molecule has 2 N–H and O–H groups in total. The number of rotatable bonds is 7. The third-order valence-electron chi connectivity index (χ3n) is 2.34. The van der Waals surface area contributed by atoms with E-state index in [1.54, 1.807) is 12.1 Å². The summed E-state index contributed by atoms with van der Waals surface area (Å²) in [5, 5.41) is 5.81. The molecule has 0 aliphatic heterocycles. The second-order valence-electron chi connectivity index (χ2n) is 4.59. The van der Waals surface area contributed by atoms with Gasteiger partial charge >= 0.3 is 0 Å². The number of hydrogen-bond acceptors (Lipinski definition) is 3. The van der Waals surface area contributed by atoms with E-state index in [1.165, 1.54) is 0 Å². The van der Waals surface area contributed by atoms with Crippen LogP contribution in [0.2, 0.25) is 0 Å². The molecule has 0 fully saturated rings. The lowest BCUT2D eigenvalue weighted by Crippen LogP contribution is -2.30. The molecular formula is C14H23ClN2O2. The van der Waals surface area contributed by atoms with Gasteiger partial charge in [-0.15, -0.1) is 12.4 Å². The molecule has 0 bridgehead atoms. The van der Waals surface area contributed by atoms with Gasteiger partial charge in [0.1, 0.15) is 5.75 Å². The van der Waals surface area contributed by atoms with Crippen LogP contribution in [0.15, 0.2) is 24.3 Å². The quantitative estimate of drug-likeness (QED) is 0.755. The molecule has 0 radical (unpaired) electrons. The van der Waals surface area contributed by atoms with Crippen molar-refractivity contribution >= 4 is 18.3 Å². The summed E-state index contributed by atoms with van der Waals surface area (Å²) in [6.45, 7) is 6.22. The number of benzene rings is 1. The molecule has 1 rings (SSSR count). The Hall–Kier alpha value is -1.26. The first kappa shape index (κ1) is 17.7. The molecule has 5 heteroatoms. The third-order valence-corrected chi connectivity index (χ3v) is 2.34. The zero-order valence-electron chi connectivity index (χ0n) is 11.7. The van der Waals surface area contributed by atoms with Crippen molar-refractivity contribution in [2.75, 3.05) is 26.7 Å². The first-order valence-electron chi connectivity index (χ1n) is 6.29. The Kier molecular flexibility index (Phi) is 9.00. The van der Waals surface area contributed by atoms with Crippen molar-refractivity contribution < 1.29 is 9.53 Å². The van der Waals surface area contributed by atoms with Crippen molar-refractivity contribution in [3.63, 3.8) is 0 Å². The standard InChI is InChI=1S/C14H22N2O2.ClH/c1-11(2)10-18-13-6-4-5-12(9-13)14(17)16-8-7-15-3;/h4-6,9,11,15H,7-8,10H2,1-3H3,(H,16,17);1H. The Morgan fingerprint density at radius 1 is 1.32 bits per heavy atom. The van der Waals surface area contributed by atoms with Crippen molar-refractivity contribution in [2.24, 2.45) is 5.92 Å². The number of ether oxygens (including phenoxy) is 1. The summed E-state index contributed by atoms with van der Waals surface area (Å²) in [6.07, 6.45) is 0. The highest BCUT2D eigenvalue weighted by Crippen LogP contribution is 2.14. The topological polar surface area (TPSA) is 50.4 Å². The Labute approximate surface area is 121 Å². The number of hydrogen-bond donors (Lipinski definition) is 2. The van der Waals surface area contributed by atoms with E-state index in [-0.39, 0.29) is 18.3 Å². The lowest BCUT2D eigenvalue weighted by molar-refractivity contribution is 0.0953. The van der Waals surface area contributed by atoms with Crippen LogP contribution < -0.4 is 15.4 Å². The van der Waals surface area contributed by atoms with Crippen LogP contribution >= 0.6 is 12.4 Å². The van der Waals surface area contributed by atoms with Gasteiger partial charge in [0, 0.05) is 18.7 Å². The fraction of sp³-hybridized carbons (Fsp3) is 0.500. The first-order chi connectivity index (χ1) is 8.63. The van der Waals surface area contributed by atoms with Gasteiger partial charge in [-0.05, 0) is 31.2 Å². The highest BCUT2D eigenvalue weighted by atomic mass is 35.5. The maximum absolute atomic E-state index is 11.8. The number of amides is 1. The second-order valence-corrected chi connectivity index (χ2v) is 4.59. The van der Waals surface area contributed by atoms with Crippen molar-refractivity contribution in [3.05, 3.63) is 29.8 Å². The molecule has 1 aromatic rings. The Morgan fingerprint density at radius 2 is 2.05 bits per heavy atom. The van der Waals surface area contributed by atoms with Crippen LogP contribution in [0.25, 0.3) is 0 Å². The Morgan fingerprint density at radius 3 is 2.68 bits per heavy atom. The monoisotopic (exact) mass is 286 g/mol. The van der Waals surface area contributed by atoms with E-state index >= 15 is 0 Å². The van der Waals surface area contributed by atoms with E-state index in [2.05, 4.69) is 24.5 Å². The summed E-state index contributed by atoms with van der Waals surface area (Å²) in [7, 11) is 1.85. The summed E-state index contributed by atoms with van der Waals surface area (Å²) >= 11 is 0. The van der Waals surface area contributed by atoms with Crippen molar-refractivity contribution in [2.45, 2.75) is 13.8 Å². The molecule has 0 heterocycles. The number of nitrogens with one attached hydrogen (secondary N) is 2. The van der Waals surface area contributed by atoms with Crippen LogP contribution in [0.5, 0.6) is 5.75 Å². The van der Waals surface area contributed by atoms with E-state index in [0.29, 0.717) is 24.6 Å². The van der Waals surface area contributed by atoms with Crippen molar-refractivity contribution in [1.29, 1.82) is 0 Å². The van der Waals surface area contributed by atoms with E-state index < -0.39 is 0 Å². The van der Waals surface area contributed by atoms with Gasteiger partial charge in [0.25, 0.3) is 5.91 Å². The summed E-state index contributed by atoms with van der Waals surface area (Å²) in [5.41, 5.74) is 0.632. The number of carbonyl (C=O) groups is 1. The van der Waals surface area contributed by atoms with Gasteiger partial charge in [0.15, 0.2) is 0 Å². The second kappa shape index (κ2) is 9.64. The van der Waals surface area contributed by atoms with Gasteiger partial charge in [-0.25, -0.2) is 0 Å². The third kappa shape index (κ3) is 7.03. The zero-order valence-corrected chi connectivity index (χ0v) is 12.5. The molecule has 0 spiro atoms. The smallest absolute Gasteiger partial charge is 0.251 e. The number of likely N-dealkylation sites (N-methyl/N-ethyl adjacent to an activating group) is 1. The molecule has 19 heavy (non-hydrogen) atoms. The predicted molar refractivity (Wildman–Crippen MR) is 80.3 cm³/mol. The van der Waals surface area contributed by atoms with Crippen LogP contribution in [-0.2, 0) is 0 Å². The van der Waals surface area contributed by atoms with Crippen LogP contribution in [0.4, 0.5) is 0 Å². The molecule has 108 valence electrons. The van der Waals surface area contributed by atoms with Gasteiger partial charge in [-0.2, -0.15) is 0 Å². The molecule has 0 saturated heterocycles. The van der Waals surface area contributed by atoms with Gasteiger partial charge < -0.3 is 15.4 Å². The van der Waals surface area contributed by atoms with E-state index in [1.807, 2.05) is 19.2 Å². The average molecular weight is 287 g/mol. The fourth-order valence-electron chi connectivity index (χ4n) is 1.39. The molecule has 0 aromatic heterocycles. The zero-order chi connectivity index (χ0) is 13.4. The first-order valence-corrected chi connectivity index (χ1v) is 6.29. The van der Waals surface area contributed by atoms with Crippen LogP contribution in [0, 0.1) is 5.92 Å². The Balaban J connectivity index is 0.00000324. The molecule has 0 aliphatic rings. The SMILES string of the molecule is CNCCNC(=O)c1cccc(OCC(C)C)c1.Cl. The summed E-state index contributed by atoms with van der Waals surface area (Å²) in [6, 6.07) is 7.27. The van der Waals surface area contributed by atoms with Crippen LogP contribution in [-0.4, -0.2) is 32.7 Å². The maximum Gasteiger partial charge on any atom is 0.251 e. The van der Waals surface area contributed by atoms with E-state index in [4.69, 9.17) is 4.74 Å². The molecule has 0 saturated carbocycles.